The van der Waals surface area contributed by atoms with E-state index < -0.39 is 0 Å². The first-order valence-corrected chi connectivity index (χ1v) is 5.85. The van der Waals surface area contributed by atoms with Crippen LogP contribution in [0.5, 0.6) is 11.5 Å². The van der Waals surface area contributed by atoms with Crippen LogP contribution in [0.15, 0.2) is 12.3 Å². The largest absolute Gasteiger partial charge is 0.496 e. The fraction of sp³-hybridized carbons (Fsp3) is 0.308. The third kappa shape index (κ3) is 1.44. The van der Waals surface area contributed by atoms with Crippen LogP contribution in [0.2, 0.25) is 0 Å². The average Bonchev–Trinajstić information content (AvgIpc) is 2.96. The van der Waals surface area contributed by atoms with Crippen molar-refractivity contribution in [2.75, 3.05) is 19.5 Å². The lowest BCUT2D eigenvalue weighted by molar-refractivity contribution is 0.356. The Hall–Kier alpha value is -2.17. The number of aromatic nitrogens is 2. The van der Waals surface area contributed by atoms with Gasteiger partial charge in [-0.15, -0.1) is 0 Å². The van der Waals surface area contributed by atoms with Crippen LogP contribution in [0, 0.1) is 6.92 Å². The zero-order valence-electron chi connectivity index (χ0n) is 10.4. The lowest BCUT2D eigenvalue weighted by atomic mass is 9.96. The molecule has 0 spiro atoms. The number of nitrogen functional groups attached to an aromatic ring is 1. The highest BCUT2D eigenvalue weighted by Gasteiger charge is 2.24. The van der Waals surface area contributed by atoms with E-state index >= 15 is 0 Å². The molecule has 0 saturated carbocycles. The van der Waals surface area contributed by atoms with E-state index in [0.717, 1.165) is 40.2 Å². The molecule has 0 amide bonds. The van der Waals surface area contributed by atoms with Crippen LogP contribution in [-0.4, -0.2) is 23.9 Å². The Morgan fingerprint density at radius 2 is 2.33 bits per heavy atom. The molecule has 1 aromatic carbocycles. The van der Waals surface area contributed by atoms with E-state index in [9.17, 15) is 0 Å². The summed E-state index contributed by atoms with van der Waals surface area (Å²) in [6.45, 7) is 2.70. The molecule has 0 saturated heterocycles. The van der Waals surface area contributed by atoms with Gasteiger partial charge in [0.2, 0.25) is 0 Å². The molecule has 3 rings (SSSR count). The van der Waals surface area contributed by atoms with Crippen LogP contribution in [-0.2, 0) is 6.42 Å². The van der Waals surface area contributed by atoms with Gasteiger partial charge in [0.15, 0.2) is 0 Å². The van der Waals surface area contributed by atoms with E-state index in [1.54, 1.807) is 13.3 Å². The number of rotatable bonds is 2. The van der Waals surface area contributed by atoms with Gasteiger partial charge in [-0.3, -0.25) is 5.10 Å². The van der Waals surface area contributed by atoms with Gasteiger partial charge in [-0.2, -0.15) is 5.10 Å². The van der Waals surface area contributed by atoms with Gasteiger partial charge in [-0.05, 0) is 18.6 Å². The van der Waals surface area contributed by atoms with Crippen molar-refractivity contribution in [3.8, 4) is 22.6 Å². The van der Waals surface area contributed by atoms with E-state index in [2.05, 4.69) is 10.2 Å². The maximum atomic E-state index is 5.93. The van der Waals surface area contributed by atoms with Crippen molar-refractivity contribution in [3.63, 3.8) is 0 Å². The van der Waals surface area contributed by atoms with Crippen molar-refractivity contribution in [2.24, 2.45) is 0 Å². The van der Waals surface area contributed by atoms with Crippen LogP contribution in [0.4, 0.5) is 5.82 Å². The lowest BCUT2D eigenvalue weighted by Crippen LogP contribution is -1.97. The Bertz CT molecular complexity index is 601. The molecule has 18 heavy (non-hydrogen) atoms. The van der Waals surface area contributed by atoms with Crippen LogP contribution in [0.1, 0.15) is 11.1 Å². The summed E-state index contributed by atoms with van der Waals surface area (Å²) < 4.78 is 11.2. The SMILES string of the molecule is COc1c(C)cc2c(c1-c1cn[nH]c1N)CCO2. The summed E-state index contributed by atoms with van der Waals surface area (Å²) in [7, 11) is 1.67. The van der Waals surface area contributed by atoms with Crippen LogP contribution < -0.4 is 15.2 Å². The molecule has 0 atom stereocenters. The second-order valence-electron chi connectivity index (χ2n) is 4.37. The van der Waals surface area contributed by atoms with Crippen molar-refractivity contribution in [3.05, 3.63) is 23.4 Å². The lowest BCUT2D eigenvalue weighted by Gasteiger charge is -2.14. The molecule has 2 heterocycles. The minimum Gasteiger partial charge on any atom is -0.496 e. The third-order valence-corrected chi connectivity index (χ3v) is 3.28. The maximum Gasteiger partial charge on any atom is 0.130 e. The molecule has 0 unspecified atom stereocenters. The van der Waals surface area contributed by atoms with Gasteiger partial charge in [-0.1, -0.05) is 0 Å². The number of hydrogen-bond acceptors (Lipinski definition) is 4. The summed E-state index contributed by atoms with van der Waals surface area (Å²) >= 11 is 0. The number of ether oxygens (including phenoxy) is 2. The van der Waals surface area contributed by atoms with Gasteiger partial charge in [0.1, 0.15) is 17.3 Å². The zero-order valence-corrected chi connectivity index (χ0v) is 10.4. The number of aromatic amines is 1. The number of nitrogens with one attached hydrogen (secondary N) is 1. The standard InChI is InChI=1S/C13H15N3O2/c1-7-5-10-8(3-4-18-10)11(12(7)17-2)9-6-15-16-13(9)14/h5-6H,3-4H2,1-2H3,(H3,14,15,16). The zero-order chi connectivity index (χ0) is 12.7. The van der Waals surface area contributed by atoms with E-state index in [1.165, 1.54) is 0 Å². The molecule has 94 valence electrons. The van der Waals surface area contributed by atoms with Crippen molar-refractivity contribution < 1.29 is 9.47 Å². The number of anilines is 1. The van der Waals surface area contributed by atoms with Crippen molar-refractivity contribution >= 4 is 5.82 Å². The molecule has 5 heteroatoms. The molecule has 1 aliphatic heterocycles. The molecule has 1 aromatic heterocycles. The van der Waals surface area contributed by atoms with Gasteiger partial charge in [-0.25, -0.2) is 0 Å². The fourth-order valence-corrected chi connectivity index (χ4v) is 2.49. The quantitative estimate of drug-likeness (QED) is 0.847. The molecule has 0 aliphatic carbocycles. The first-order chi connectivity index (χ1) is 8.72. The van der Waals surface area contributed by atoms with E-state index in [4.69, 9.17) is 15.2 Å². The summed E-state index contributed by atoms with van der Waals surface area (Å²) in [5.41, 5.74) is 9.97. The van der Waals surface area contributed by atoms with Crippen molar-refractivity contribution in [1.29, 1.82) is 0 Å². The van der Waals surface area contributed by atoms with Crippen molar-refractivity contribution in [1.82, 2.24) is 10.2 Å². The van der Waals surface area contributed by atoms with E-state index in [1.807, 2.05) is 13.0 Å². The second kappa shape index (κ2) is 3.94. The Morgan fingerprint density at radius 1 is 1.50 bits per heavy atom. The Kier molecular flexibility index (Phi) is 2.40. The maximum absolute atomic E-state index is 5.93. The third-order valence-electron chi connectivity index (χ3n) is 3.28. The molecule has 5 nitrogen and oxygen atoms in total. The molecule has 2 aromatic rings. The topological polar surface area (TPSA) is 73.2 Å². The number of hydrogen-bond donors (Lipinski definition) is 2. The summed E-state index contributed by atoms with van der Waals surface area (Å²) in [5.74, 6) is 2.31. The number of methoxy groups -OCH3 is 1. The predicted molar refractivity (Wildman–Crippen MR) is 68.9 cm³/mol. The molecule has 0 radical (unpaired) electrons. The van der Waals surface area contributed by atoms with E-state index in [0.29, 0.717) is 12.4 Å². The van der Waals surface area contributed by atoms with E-state index in [-0.39, 0.29) is 0 Å². The number of fused-ring (bicyclic) bond motifs is 1. The number of nitrogens with two attached hydrogens (primary N) is 1. The second-order valence-corrected chi connectivity index (χ2v) is 4.37. The first-order valence-electron chi connectivity index (χ1n) is 5.85. The predicted octanol–water partition coefficient (Wildman–Crippen LogP) is 1.91. The Balaban J connectivity index is 2.33. The summed E-state index contributed by atoms with van der Waals surface area (Å²) in [6.07, 6.45) is 2.59. The van der Waals surface area contributed by atoms with Crippen molar-refractivity contribution in [2.45, 2.75) is 13.3 Å². The van der Waals surface area contributed by atoms with Gasteiger partial charge < -0.3 is 15.2 Å². The minimum absolute atomic E-state index is 0.549. The molecule has 1 aliphatic rings. The summed E-state index contributed by atoms with van der Waals surface area (Å²) in [4.78, 5) is 0. The monoisotopic (exact) mass is 245 g/mol. The average molecular weight is 245 g/mol. The molecular weight excluding hydrogens is 230 g/mol. The normalized spacial score (nSPS) is 13.2. The molecule has 3 N–H and O–H groups in total. The fourth-order valence-electron chi connectivity index (χ4n) is 2.49. The van der Waals surface area contributed by atoms with Crippen LogP contribution >= 0.6 is 0 Å². The highest BCUT2D eigenvalue weighted by atomic mass is 16.5. The van der Waals surface area contributed by atoms with Crippen LogP contribution in [0.25, 0.3) is 11.1 Å². The minimum atomic E-state index is 0.549. The van der Waals surface area contributed by atoms with Gasteiger partial charge >= 0.3 is 0 Å². The number of aryl methyl sites for hydroxylation is 1. The summed E-state index contributed by atoms with van der Waals surface area (Å²) in [5, 5.41) is 6.74. The highest BCUT2D eigenvalue weighted by Crippen LogP contribution is 2.44. The van der Waals surface area contributed by atoms with Gasteiger partial charge in [0.25, 0.3) is 0 Å². The number of H-pyrrole nitrogens is 1. The number of nitrogens with zero attached hydrogens (tertiary/aromatic N) is 1. The van der Waals surface area contributed by atoms with Gasteiger partial charge in [0.05, 0.1) is 19.9 Å². The summed E-state index contributed by atoms with van der Waals surface area (Å²) in [6, 6.07) is 2.01. The smallest absolute Gasteiger partial charge is 0.130 e. The first kappa shape index (κ1) is 11.0. The Morgan fingerprint density at radius 3 is 3.00 bits per heavy atom. The molecule has 0 bridgehead atoms. The Labute approximate surface area is 105 Å². The van der Waals surface area contributed by atoms with Gasteiger partial charge in [0, 0.05) is 23.1 Å². The highest BCUT2D eigenvalue weighted by molar-refractivity contribution is 5.84. The molecule has 0 fully saturated rings. The molecular formula is C13H15N3O2. The number of benzene rings is 1. The van der Waals surface area contributed by atoms with Crippen LogP contribution in [0.3, 0.4) is 0 Å².